The van der Waals surface area contributed by atoms with Gasteiger partial charge in [0.25, 0.3) is 0 Å². The molecule has 0 fully saturated rings. The molecule has 0 spiro atoms. The molecule has 0 aromatic heterocycles. The fourth-order valence-electron chi connectivity index (χ4n) is 2.75. The summed E-state index contributed by atoms with van der Waals surface area (Å²) in [7, 11) is 1.77. The number of para-hydroxylation sites is 2. The first-order chi connectivity index (χ1) is 10.2. The standard InChI is InChI=1S/C17H18N2O2/c1-19(11-12-6-2-5-9-16(12)20)17(21)14-10-18-15-8-4-3-7-13(14)15/h2-9,14,18,20H,10-11H2,1H3. The van der Waals surface area contributed by atoms with Gasteiger partial charge < -0.3 is 15.3 Å². The minimum atomic E-state index is -0.156. The van der Waals surface area contributed by atoms with E-state index >= 15 is 0 Å². The Labute approximate surface area is 124 Å². The van der Waals surface area contributed by atoms with Crippen molar-refractivity contribution in [3.05, 3.63) is 59.7 Å². The average molecular weight is 282 g/mol. The van der Waals surface area contributed by atoms with Crippen molar-refractivity contribution in [3.8, 4) is 5.75 Å². The molecule has 4 nitrogen and oxygen atoms in total. The first-order valence-corrected chi connectivity index (χ1v) is 7.01. The number of benzene rings is 2. The molecule has 1 aliphatic rings. The average Bonchev–Trinajstić information content (AvgIpc) is 2.92. The van der Waals surface area contributed by atoms with Crippen LogP contribution in [0.25, 0.3) is 0 Å². The van der Waals surface area contributed by atoms with E-state index in [9.17, 15) is 9.90 Å². The molecule has 1 unspecified atom stereocenters. The Kier molecular flexibility index (Phi) is 3.52. The SMILES string of the molecule is CN(Cc1ccccc1O)C(=O)C1CNc2ccccc21. The molecule has 1 amide bonds. The number of nitrogens with zero attached hydrogens (tertiary/aromatic N) is 1. The quantitative estimate of drug-likeness (QED) is 0.909. The molecule has 108 valence electrons. The molecule has 2 N–H and O–H groups in total. The number of hydrogen-bond acceptors (Lipinski definition) is 3. The van der Waals surface area contributed by atoms with Gasteiger partial charge in [0.2, 0.25) is 5.91 Å². The first kappa shape index (κ1) is 13.5. The lowest BCUT2D eigenvalue weighted by Crippen LogP contribution is -2.32. The van der Waals surface area contributed by atoms with Gasteiger partial charge in [-0.2, -0.15) is 0 Å². The highest BCUT2D eigenvalue weighted by molar-refractivity contribution is 5.88. The summed E-state index contributed by atoms with van der Waals surface area (Å²) in [4.78, 5) is 14.3. The maximum Gasteiger partial charge on any atom is 0.232 e. The molecule has 2 aromatic rings. The van der Waals surface area contributed by atoms with E-state index in [1.54, 1.807) is 24.1 Å². The lowest BCUT2D eigenvalue weighted by molar-refractivity contribution is -0.131. The Morgan fingerprint density at radius 3 is 2.76 bits per heavy atom. The Balaban J connectivity index is 1.76. The van der Waals surface area contributed by atoms with Crippen LogP contribution in [0, 0.1) is 0 Å². The maximum atomic E-state index is 12.6. The molecule has 0 saturated heterocycles. The topological polar surface area (TPSA) is 52.6 Å². The third-order valence-corrected chi connectivity index (χ3v) is 3.91. The van der Waals surface area contributed by atoms with Crippen LogP contribution in [0.1, 0.15) is 17.0 Å². The van der Waals surface area contributed by atoms with Crippen LogP contribution in [-0.2, 0) is 11.3 Å². The second-order valence-corrected chi connectivity index (χ2v) is 5.34. The van der Waals surface area contributed by atoms with Gasteiger partial charge in [-0.05, 0) is 17.7 Å². The summed E-state index contributed by atoms with van der Waals surface area (Å²) in [6.07, 6.45) is 0. The van der Waals surface area contributed by atoms with Crippen molar-refractivity contribution in [3.63, 3.8) is 0 Å². The smallest absolute Gasteiger partial charge is 0.232 e. The zero-order valence-corrected chi connectivity index (χ0v) is 11.9. The van der Waals surface area contributed by atoms with Gasteiger partial charge in [0, 0.05) is 31.4 Å². The van der Waals surface area contributed by atoms with Crippen LogP contribution in [0.5, 0.6) is 5.75 Å². The van der Waals surface area contributed by atoms with Crippen LogP contribution in [0.3, 0.4) is 0 Å². The number of nitrogens with one attached hydrogen (secondary N) is 1. The molecule has 1 aliphatic heterocycles. The van der Waals surface area contributed by atoms with Crippen molar-refractivity contribution in [1.82, 2.24) is 4.90 Å². The number of carbonyl (C=O) groups is 1. The van der Waals surface area contributed by atoms with E-state index in [0.29, 0.717) is 13.1 Å². The number of amides is 1. The molecule has 0 saturated carbocycles. The van der Waals surface area contributed by atoms with E-state index in [1.807, 2.05) is 36.4 Å². The minimum Gasteiger partial charge on any atom is -0.508 e. The molecule has 0 aliphatic carbocycles. The van der Waals surface area contributed by atoms with Crippen LogP contribution in [0.4, 0.5) is 5.69 Å². The van der Waals surface area contributed by atoms with Crippen molar-refractivity contribution in [2.45, 2.75) is 12.5 Å². The number of likely N-dealkylation sites (N-methyl/N-ethyl adjacent to an activating group) is 1. The predicted molar refractivity (Wildman–Crippen MR) is 82.3 cm³/mol. The highest BCUT2D eigenvalue weighted by Gasteiger charge is 2.30. The van der Waals surface area contributed by atoms with Crippen LogP contribution < -0.4 is 5.32 Å². The number of fused-ring (bicyclic) bond motifs is 1. The number of rotatable bonds is 3. The van der Waals surface area contributed by atoms with Gasteiger partial charge in [0.15, 0.2) is 0 Å². The van der Waals surface area contributed by atoms with E-state index in [-0.39, 0.29) is 17.6 Å². The zero-order valence-electron chi connectivity index (χ0n) is 11.9. The zero-order chi connectivity index (χ0) is 14.8. The molecule has 1 heterocycles. The van der Waals surface area contributed by atoms with Crippen molar-refractivity contribution < 1.29 is 9.90 Å². The van der Waals surface area contributed by atoms with Gasteiger partial charge in [0.05, 0.1) is 5.92 Å². The summed E-state index contributed by atoms with van der Waals surface area (Å²) >= 11 is 0. The number of phenols is 1. The Morgan fingerprint density at radius 1 is 1.24 bits per heavy atom. The van der Waals surface area contributed by atoms with Crippen LogP contribution in [0.2, 0.25) is 0 Å². The molecule has 21 heavy (non-hydrogen) atoms. The highest BCUT2D eigenvalue weighted by Crippen LogP contribution is 2.32. The Morgan fingerprint density at radius 2 is 1.95 bits per heavy atom. The van der Waals surface area contributed by atoms with Crippen molar-refractivity contribution in [1.29, 1.82) is 0 Å². The normalized spacial score (nSPS) is 16.1. The number of aromatic hydroxyl groups is 1. The summed E-state index contributed by atoms with van der Waals surface area (Å²) in [5.74, 6) is 0.134. The number of phenolic OH excluding ortho intramolecular Hbond substituents is 1. The Hall–Kier alpha value is -2.49. The molecule has 3 rings (SSSR count). The van der Waals surface area contributed by atoms with Crippen molar-refractivity contribution in [2.75, 3.05) is 18.9 Å². The summed E-state index contributed by atoms with van der Waals surface area (Å²) < 4.78 is 0. The molecule has 4 heteroatoms. The highest BCUT2D eigenvalue weighted by atomic mass is 16.3. The molecule has 2 aromatic carbocycles. The van der Waals surface area contributed by atoms with E-state index in [2.05, 4.69) is 5.32 Å². The lowest BCUT2D eigenvalue weighted by Gasteiger charge is -2.21. The Bertz CT molecular complexity index is 669. The fourth-order valence-corrected chi connectivity index (χ4v) is 2.75. The maximum absolute atomic E-state index is 12.6. The van der Waals surface area contributed by atoms with E-state index in [1.165, 1.54) is 0 Å². The van der Waals surface area contributed by atoms with E-state index in [4.69, 9.17) is 0 Å². The van der Waals surface area contributed by atoms with E-state index in [0.717, 1.165) is 16.8 Å². The molecule has 0 radical (unpaired) electrons. The van der Waals surface area contributed by atoms with Gasteiger partial charge in [-0.15, -0.1) is 0 Å². The van der Waals surface area contributed by atoms with Crippen molar-refractivity contribution in [2.24, 2.45) is 0 Å². The number of hydrogen-bond donors (Lipinski definition) is 2. The summed E-state index contributed by atoms with van der Waals surface area (Å²) in [5, 5.41) is 13.1. The van der Waals surface area contributed by atoms with Gasteiger partial charge in [0.1, 0.15) is 5.75 Å². The number of anilines is 1. The molecule has 1 atom stereocenters. The number of carbonyl (C=O) groups excluding carboxylic acids is 1. The monoisotopic (exact) mass is 282 g/mol. The first-order valence-electron chi connectivity index (χ1n) is 7.01. The largest absolute Gasteiger partial charge is 0.508 e. The molecule has 0 bridgehead atoms. The molecular weight excluding hydrogens is 264 g/mol. The molecular formula is C17H18N2O2. The van der Waals surface area contributed by atoms with Gasteiger partial charge >= 0.3 is 0 Å². The minimum absolute atomic E-state index is 0.0655. The van der Waals surface area contributed by atoms with E-state index < -0.39 is 0 Å². The fraction of sp³-hybridized carbons (Fsp3) is 0.235. The summed E-state index contributed by atoms with van der Waals surface area (Å²) in [6.45, 7) is 1.04. The van der Waals surface area contributed by atoms with Crippen LogP contribution in [-0.4, -0.2) is 29.5 Å². The lowest BCUT2D eigenvalue weighted by atomic mass is 10.00. The summed E-state index contributed by atoms with van der Waals surface area (Å²) in [5.41, 5.74) is 2.84. The summed E-state index contributed by atoms with van der Waals surface area (Å²) in [6, 6.07) is 15.0. The van der Waals surface area contributed by atoms with Crippen LogP contribution in [0.15, 0.2) is 48.5 Å². The van der Waals surface area contributed by atoms with Crippen molar-refractivity contribution >= 4 is 11.6 Å². The third kappa shape index (κ3) is 2.57. The predicted octanol–water partition coefficient (Wildman–Crippen LogP) is 2.56. The second kappa shape index (κ2) is 5.48. The van der Waals surface area contributed by atoms with Crippen LogP contribution >= 0.6 is 0 Å². The van der Waals surface area contributed by atoms with Gasteiger partial charge in [-0.3, -0.25) is 4.79 Å². The second-order valence-electron chi connectivity index (χ2n) is 5.34. The third-order valence-electron chi connectivity index (χ3n) is 3.91. The van der Waals surface area contributed by atoms with Gasteiger partial charge in [-0.25, -0.2) is 0 Å². The van der Waals surface area contributed by atoms with Gasteiger partial charge in [-0.1, -0.05) is 36.4 Å².